The molecule has 114 valence electrons. The molecule has 0 bridgehead atoms. The van der Waals surface area contributed by atoms with Crippen LogP contribution in [0, 0.1) is 0 Å². The van der Waals surface area contributed by atoms with Crippen molar-refractivity contribution in [3.05, 3.63) is 39.9 Å². The summed E-state index contributed by atoms with van der Waals surface area (Å²) in [6.07, 6.45) is 8.36. The summed E-state index contributed by atoms with van der Waals surface area (Å²) < 4.78 is 0. The van der Waals surface area contributed by atoms with Gasteiger partial charge in [0.25, 0.3) is 0 Å². The molecular formula is C16H20Cl2N2O. The number of allylic oxidation sites excluding steroid dienone is 1. The lowest BCUT2D eigenvalue weighted by Gasteiger charge is -2.13. The lowest BCUT2D eigenvalue weighted by Crippen LogP contribution is -2.29. The summed E-state index contributed by atoms with van der Waals surface area (Å²) >= 11 is 11.8. The van der Waals surface area contributed by atoms with Crippen molar-refractivity contribution in [1.29, 1.82) is 0 Å². The van der Waals surface area contributed by atoms with Crippen molar-refractivity contribution in [3.63, 3.8) is 0 Å². The average molecular weight is 327 g/mol. The second kappa shape index (κ2) is 8.42. The fourth-order valence-corrected chi connectivity index (χ4v) is 2.82. The molecule has 2 N–H and O–H groups in total. The Kier molecular flexibility index (Phi) is 6.55. The van der Waals surface area contributed by atoms with Gasteiger partial charge in [0.05, 0.1) is 17.3 Å². The molecule has 0 spiro atoms. The molecule has 1 amide bonds. The van der Waals surface area contributed by atoms with Crippen LogP contribution in [0.25, 0.3) is 0 Å². The van der Waals surface area contributed by atoms with Crippen molar-refractivity contribution in [2.24, 2.45) is 0 Å². The maximum Gasteiger partial charge on any atom is 0.238 e. The number of amides is 1. The highest BCUT2D eigenvalue weighted by atomic mass is 35.5. The van der Waals surface area contributed by atoms with Crippen LogP contribution in [0.1, 0.15) is 32.1 Å². The van der Waals surface area contributed by atoms with Gasteiger partial charge in [0, 0.05) is 5.02 Å². The molecule has 0 fully saturated rings. The maximum absolute atomic E-state index is 11.8. The summed E-state index contributed by atoms with van der Waals surface area (Å²) in [4.78, 5) is 11.8. The minimum absolute atomic E-state index is 0.100. The van der Waals surface area contributed by atoms with Crippen LogP contribution in [0.4, 0.5) is 5.69 Å². The first-order chi connectivity index (χ1) is 10.1. The first kappa shape index (κ1) is 16.3. The minimum Gasteiger partial charge on any atom is -0.324 e. The summed E-state index contributed by atoms with van der Waals surface area (Å²) in [5, 5.41) is 6.93. The number of nitrogens with one attached hydrogen (secondary N) is 2. The van der Waals surface area contributed by atoms with Gasteiger partial charge in [-0.3, -0.25) is 4.79 Å². The second-order valence-corrected chi connectivity index (χ2v) is 6.05. The van der Waals surface area contributed by atoms with Gasteiger partial charge in [0.1, 0.15) is 0 Å². The molecular weight excluding hydrogens is 307 g/mol. The van der Waals surface area contributed by atoms with Crippen LogP contribution in [-0.2, 0) is 4.79 Å². The molecule has 1 aliphatic rings. The molecule has 3 nitrogen and oxygen atoms in total. The number of carbonyl (C=O) groups excluding carboxylic acids is 1. The lowest BCUT2D eigenvalue weighted by atomic mass is 9.97. The van der Waals surface area contributed by atoms with Gasteiger partial charge in [-0.15, -0.1) is 0 Å². The van der Waals surface area contributed by atoms with Gasteiger partial charge in [0.15, 0.2) is 0 Å². The van der Waals surface area contributed by atoms with Crippen molar-refractivity contribution in [2.75, 3.05) is 18.4 Å². The highest BCUT2D eigenvalue weighted by molar-refractivity contribution is 6.36. The predicted molar refractivity (Wildman–Crippen MR) is 89.1 cm³/mol. The first-order valence-corrected chi connectivity index (χ1v) is 8.04. The van der Waals surface area contributed by atoms with Crippen LogP contribution in [0.15, 0.2) is 29.8 Å². The second-order valence-electron chi connectivity index (χ2n) is 5.21. The molecule has 0 saturated carbocycles. The van der Waals surface area contributed by atoms with Gasteiger partial charge in [0.2, 0.25) is 5.91 Å². The Morgan fingerprint density at radius 2 is 2.10 bits per heavy atom. The molecule has 1 aromatic carbocycles. The Labute approximate surface area is 135 Å². The molecule has 0 aromatic heterocycles. The van der Waals surface area contributed by atoms with E-state index >= 15 is 0 Å². The highest BCUT2D eigenvalue weighted by Crippen LogP contribution is 2.25. The molecule has 0 saturated heterocycles. The van der Waals surface area contributed by atoms with E-state index in [0.717, 1.165) is 13.0 Å². The van der Waals surface area contributed by atoms with Crippen molar-refractivity contribution < 1.29 is 4.79 Å². The van der Waals surface area contributed by atoms with Gasteiger partial charge in [-0.25, -0.2) is 0 Å². The Hall–Kier alpha value is -1.03. The van der Waals surface area contributed by atoms with Crippen molar-refractivity contribution in [3.8, 4) is 0 Å². The third kappa shape index (κ3) is 5.70. The number of halogens is 2. The Bertz CT molecular complexity index is 529. The maximum atomic E-state index is 11.8. The SMILES string of the molecule is O=C(CNCCC1=CCCCC1)Nc1ccc(Cl)cc1Cl. The van der Waals surface area contributed by atoms with Gasteiger partial charge in [-0.2, -0.15) is 0 Å². The summed E-state index contributed by atoms with van der Waals surface area (Å²) in [5.74, 6) is -0.100. The zero-order valence-electron chi connectivity index (χ0n) is 11.9. The van der Waals surface area contributed by atoms with Crippen LogP contribution in [0.5, 0.6) is 0 Å². The summed E-state index contributed by atoms with van der Waals surface area (Å²) in [6, 6.07) is 5.02. The normalized spacial score (nSPS) is 14.7. The van der Waals surface area contributed by atoms with Crippen LogP contribution in [-0.4, -0.2) is 19.0 Å². The van der Waals surface area contributed by atoms with E-state index in [2.05, 4.69) is 16.7 Å². The van der Waals surface area contributed by atoms with Crippen LogP contribution in [0.2, 0.25) is 10.0 Å². The molecule has 0 heterocycles. The molecule has 5 heteroatoms. The topological polar surface area (TPSA) is 41.1 Å². The summed E-state index contributed by atoms with van der Waals surface area (Å²) in [5.41, 5.74) is 2.10. The standard InChI is InChI=1S/C16H20Cl2N2O/c17-13-6-7-15(14(18)10-13)20-16(21)11-19-9-8-12-4-2-1-3-5-12/h4,6-7,10,19H,1-3,5,8-9,11H2,(H,20,21). The Morgan fingerprint density at radius 1 is 1.24 bits per heavy atom. The number of benzene rings is 1. The predicted octanol–water partition coefficient (Wildman–Crippen LogP) is 4.41. The third-order valence-electron chi connectivity index (χ3n) is 3.50. The van der Waals surface area contributed by atoms with Gasteiger partial charge >= 0.3 is 0 Å². The number of rotatable bonds is 6. The lowest BCUT2D eigenvalue weighted by molar-refractivity contribution is -0.115. The van der Waals surface area contributed by atoms with E-state index in [4.69, 9.17) is 23.2 Å². The smallest absolute Gasteiger partial charge is 0.238 e. The third-order valence-corrected chi connectivity index (χ3v) is 4.05. The zero-order valence-corrected chi connectivity index (χ0v) is 13.4. The van der Waals surface area contributed by atoms with Crippen LogP contribution < -0.4 is 10.6 Å². The highest BCUT2D eigenvalue weighted by Gasteiger charge is 2.07. The number of carbonyl (C=O) groups is 1. The van der Waals surface area contributed by atoms with Crippen molar-refractivity contribution in [1.82, 2.24) is 5.32 Å². The van der Waals surface area contributed by atoms with Gasteiger partial charge in [-0.05, 0) is 56.8 Å². The minimum atomic E-state index is -0.100. The summed E-state index contributed by atoms with van der Waals surface area (Å²) in [6.45, 7) is 1.11. The molecule has 0 atom stereocenters. The van der Waals surface area contributed by atoms with E-state index < -0.39 is 0 Å². The molecule has 2 rings (SSSR count). The van der Waals surface area contributed by atoms with Gasteiger partial charge in [-0.1, -0.05) is 34.9 Å². The summed E-state index contributed by atoms with van der Waals surface area (Å²) in [7, 11) is 0. The Morgan fingerprint density at radius 3 is 2.81 bits per heavy atom. The number of anilines is 1. The van der Waals surface area contributed by atoms with E-state index in [1.165, 1.54) is 31.3 Å². The quantitative estimate of drug-likeness (QED) is 0.600. The van der Waals surface area contributed by atoms with E-state index in [1.807, 2.05) is 0 Å². The molecule has 1 aromatic rings. The molecule has 0 radical (unpaired) electrons. The number of hydrogen-bond acceptors (Lipinski definition) is 2. The van der Waals surface area contributed by atoms with Crippen molar-refractivity contribution >= 4 is 34.8 Å². The molecule has 0 unspecified atom stereocenters. The zero-order chi connectivity index (χ0) is 15.1. The van der Waals surface area contributed by atoms with Gasteiger partial charge < -0.3 is 10.6 Å². The fourth-order valence-electron chi connectivity index (χ4n) is 2.37. The molecule has 1 aliphatic carbocycles. The fraction of sp³-hybridized carbons (Fsp3) is 0.438. The Balaban J connectivity index is 1.68. The monoisotopic (exact) mass is 326 g/mol. The van der Waals surface area contributed by atoms with E-state index in [9.17, 15) is 4.79 Å². The molecule has 0 aliphatic heterocycles. The molecule has 21 heavy (non-hydrogen) atoms. The van der Waals surface area contributed by atoms with Crippen LogP contribution in [0.3, 0.4) is 0 Å². The van der Waals surface area contributed by atoms with E-state index in [0.29, 0.717) is 15.7 Å². The van der Waals surface area contributed by atoms with E-state index in [-0.39, 0.29) is 12.5 Å². The van der Waals surface area contributed by atoms with Crippen LogP contribution >= 0.6 is 23.2 Å². The largest absolute Gasteiger partial charge is 0.324 e. The first-order valence-electron chi connectivity index (χ1n) is 7.28. The van der Waals surface area contributed by atoms with Crippen molar-refractivity contribution in [2.45, 2.75) is 32.1 Å². The average Bonchev–Trinajstić information content (AvgIpc) is 2.48. The van der Waals surface area contributed by atoms with E-state index in [1.54, 1.807) is 18.2 Å². The number of hydrogen-bond donors (Lipinski definition) is 2.